The van der Waals surface area contributed by atoms with Crippen molar-refractivity contribution in [2.45, 2.75) is 45.2 Å². The first-order chi connectivity index (χ1) is 9.54. The molecule has 0 aliphatic carbocycles. The number of carbonyl (C=O) groups excluding carboxylic acids is 2. The van der Waals surface area contributed by atoms with Crippen molar-refractivity contribution in [3.05, 3.63) is 35.9 Å². The van der Waals surface area contributed by atoms with E-state index in [1.54, 1.807) is 11.8 Å². The highest BCUT2D eigenvalue weighted by Crippen LogP contribution is 2.20. The van der Waals surface area contributed by atoms with Crippen molar-refractivity contribution in [1.82, 2.24) is 10.2 Å². The highest BCUT2D eigenvalue weighted by atomic mass is 16.2. The lowest BCUT2D eigenvalue weighted by molar-refractivity contribution is -0.148. The van der Waals surface area contributed by atoms with Gasteiger partial charge in [-0.15, -0.1) is 0 Å². The normalized spacial score (nSPS) is 24.4. The molecule has 0 saturated carbocycles. The summed E-state index contributed by atoms with van der Waals surface area (Å²) in [6.07, 6.45) is 0.632. The second kappa shape index (κ2) is 6.07. The minimum Gasteiger partial charge on any atom is -0.343 e. The van der Waals surface area contributed by atoms with E-state index >= 15 is 0 Å². The van der Waals surface area contributed by atoms with E-state index in [0.717, 1.165) is 0 Å². The van der Waals surface area contributed by atoms with Gasteiger partial charge >= 0.3 is 0 Å². The van der Waals surface area contributed by atoms with Crippen LogP contribution in [0, 0.1) is 0 Å². The van der Waals surface area contributed by atoms with Gasteiger partial charge in [0.2, 0.25) is 11.8 Å². The molecule has 0 aromatic heterocycles. The minimum absolute atomic E-state index is 0.0300. The van der Waals surface area contributed by atoms with E-state index in [4.69, 9.17) is 0 Å². The third-order valence-electron chi connectivity index (χ3n) is 3.99. The maximum atomic E-state index is 12.4. The Morgan fingerprint density at radius 3 is 2.50 bits per heavy atom. The number of rotatable bonds is 4. The van der Waals surface area contributed by atoms with E-state index < -0.39 is 6.04 Å². The first kappa shape index (κ1) is 14.6. The molecular formula is C16H22N2O2. The first-order valence-corrected chi connectivity index (χ1v) is 7.20. The second-order valence-electron chi connectivity index (χ2n) is 5.45. The molecule has 1 aliphatic heterocycles. The molecule has 4 nitrogen and oxygen atoms in total. The van der Waals surface area contributed by atoms with Gasteiger partial charge in [0.25, 0.3) is 0 Å². The van der Waals surface area contributed by atoms with Gasteiger partial charge in [0, 0.05) is 6.54 Å². The summed E-state index contributed by atoms with van der Waals surface area (Å²) in [6, 6.07) is 9.32. The first-order valence-electron chi connectivity index (χ1n) is 7.20. The summed E-state index contributed by atoms with van der Waals surface area (Å²) < 4.78 is 0. The Labute approximate surface area is 120 Å². The smallest absolute Gasteiger partial charge is 0.245 e. The summed E-state index contributed by atoms with van der Waals surface area (Å²) in [6.45, 7) is 6.37. The molecule has 1 fully saturated rings. The Morgan fingerprint density at radius 2 is 1.90 bits per heavy atom. The molecule has 3 unspecified atom stereocenters. The molecular weight excluding hydrogens is 252 g/mol. The minimum atomic E-state index is -0.392. The van der Waals surface area contributed by atoms with E-state index in [-0.39, 0.29) is 23.8 Å². The standard InChI is InChI=1S/C16H22N2O2/c1-4-14-16(20)18(12(3)15(19)17-14)10-11(2)13-8-6-5-7-9-13/h5-9,11-12,14H,4,10H2,1-3H3,(H,17,19). The molecule has 1 aliphatic rings. The number of piperazine rings is 1. The van der Waals surface area contributed by atoms with Crippen LogP contribution in [0.1, 0.15) is 38.7 Å². The molecule has 2 amide bonds. The number of nitrogens with one attached hydrogen (secondary N) is 1. The molecule has 1 aromatic rings. The van der Waals surface area contributed by atoms with Gasteiger partial charge in [-0.3, -0.25) is 9.59 Å². The van der Waals surface area contributed by atoms with Gasteiger partial charge in [-0.05, 0) is 24.8 Å². The van der Waals surface area contributed by atoms with Crippen LogP contribution in [-0.4, -0.2) is 35.3 Å². The van der Waals surface area contributed by atoms with Crippen molar-refractivity contribution in [2.24, 2.45) is 0 Å². The van der Waals surface area contributed by atoms with Gasteiger partial charge < -0.3 is 10.2 Å². The van der Waals surface area contributed by atoms with E-state index in [2.05, 4.69) is 24.4 Å². The van der Waals surface area contributed by atoms with Crippen molar-refractivity contribution < 1.29 is 9.59 Å². The third kappa shape index (κ3) is 2.84. The largest absolute Gasteiger partial charge is 0.343 e. The summed E-state index contributed by atoms with van der Waals surface area (Å²) in [5.74, 6) is 0.185. The zero-order valence-electron chi connectivity index (χ0n) is 12.3. The lowest BCUT2D eigenvalue weighted by atomic mass is 9.98. The summed E-state index contributed by atoms with van der Waals surface area (Å²) >= 11 is 0. The SMILES string of the molecule is CCC1NC(=O)C(C)N(CC(C)c2ccccc2)C1=O. The molecule has 0 radical (unpaired) electrons. The van der Waals surface area contributed by atoms with Gasteiger partial charge in [0.05, 0.1) is 0 Å². The van der Waals surface area contributed by atoms with E-state index in [0.29, 0.717) is 13.0 Å². The van der Waals surface area contributed by atoms with Gasteiger partial charge in [-0.2, -0.15) is 0 Å². The van der Waals surface area contributed by atoms with Gasteiger partial charge in [-0.1, -0.05) is 44.2 Å². The maximum Gasteiger partial charge on any atom is 0.245 e. The summed E-state index contributed by atoms with van der Waals surface area (Å²) in [5, 5.41) is 2.78. The molecule has 1 N–H and O–H groups in total. The molecule has 2 rings (SSSR count). The monoisotopic (exact) mass is 274 g/mol. The summed E-state index contributed by atoms with van der Waals surface area (Å²) in [5.41, 5.74) is 1.19. The summed E-state index contributed by atoms with van der Waals surface area (Å²) in [4.78, 5) is 26.0. The van der Waals surface area contributed by atoms with Crippen LogP contribution in [0.2, 0.25) is 0 Å². The van der Waals surface area contributed by atoms with Crippen LogP contribution in [0.5, 0.6) is 0 Å². The predicted molar refractivity (Wildman–Crippen MR) is 78.3 cm³/mol. The average molecular weight is 274 g/mol. The zero-order valence-corrected chi connectivity index (χ0v) is 12.3. The van der Waals surface area contributed by atoms with Gasteiger partial charge in [0.15, 0.2) is 0 Å². The van der Waals surface area contributed by atoms with Crippen LogP contribution in [-0.2, 0) is 9.59 Å². The third-order valence-corrected chi connectivity index (χ3v) is 3.99. The Balaban J connectivity index is 2.13. The highest BCUT2D eigenvalue weighted by Gasteiger charge is 2.37. The molecule has 20 heavy (non-hydrogen) atoms. The van der Waals surface area contributed by atoms with Crippen molar-refractivity contribution in [3.63, 3.8) is 0 Å². The molecule has 3 atom stereocenters. The Bertz CT molecular complexity index is 487. The molecule has 1 aromatic carbocycles. The van der Waals surface area contributed by atoms with E-state index in [1.807, 2.05) is 25.1 Å². The molecule has 0 bridgehead atoms. The average Bonchev–Trinajstić information content (AvgIpc) is 2.48. The Morgan fingerprint density at radius 1 is 1.25 bits per heavy atom. The van der Waals surface area contributed by atoms with Crippen LogP contribution in [0.4, 0.5) is 0 Å². The molecule has 4 heteroatoms. The quantitative estimate of drug-likeness (QED) is 0.912. The van der Waals surface area contributed by atoms with Gasteiger partial charge in [0.1, 0.15) is 12.1 Å². The zero-order chi connectivity index (χ0) is 14.7. The fourth-order valence-corrected chi connectivity index (χ4v) is 2.59. The number of hydrogen-bond acceptors (Lipinski definition) is 2. The number of amides is 2. The van der Waals surface area contributed by atoms with Crippen molar-refractivity contribution in [2.75, 3.05) is 6.54 Å². The lowest BCUT2D eigenvalue weighted by Gasteiger charge is -2.38. The summed E-state index contributed by atoms with van der Waals surface area (Å²) in [7, 11) is 0. The maximum absolute atomic E-state index is 12.4. The van der Waals surface area contributed by atoms with Crippen molar-refractivity contribution in [1.29, 1.82) is 0 Å². The van der Waals surface area contributed by atoms with Gasteiger partial charge in [-0.25, -0.2) is 0 Å². The van der Waals surface area contributed by atoms with Crippen molar-refractivity contribution in [3.8, 4) is 0 Å². The fraction of sp³-hybridized carbons (Fsp3) is 0.500. The van der Waals surface area contributed by atoms with Crippen molar-refractivity contribution >= 4 is 11.8 Å². The number of nitrogens with zero attached hydrogens (tertiary/aromatic N) is 1. The lowest BCUT2D eigenvalue weighted by Crippen LogP contribution is -2.62. The topological polar surface area (TPSA) is 49.4 Å². The van der Waals surface area contributed by atoms with Crippen LogP contribution >= 0.6 is 0 Å². The van der Waals surface area contributed by atoms with E-state index in [9.17, 15) is 9.59 Å². The van der Waals surface area contributed by atoms with Crippen LogP contribution in [0.3, 0.4) is 0 Å². The molecule has 1 heterocycles. The van der Waals surface area contributed by atoms with Crippen LogP contribution in [0.25, 0.3) is 0 Å². The number of hydrogen-bond donors (Lipinski definition) is 1. The second-order valence-corrected chi connectivity index (χ2v) is 5.45. The van der Waals surface area contributed by atoms with Crippen LogP contribution in [0.15, 0.2) is 30.3 Å². The number of carbonyl (C=O) groups is 2. The highest BCUT2D eigenvalue weighted by molar-refractivity contribution is 5.96. The predicted octanol–water partition coefficient (Wildman–Crippen LogP) is 1.92. The number of benzene rings is 1. The van der Waals surface area contributed by atoms with E-state index in [1.165, 1.54) is 5.56 Å². The Kier molecular flexibility index (Phi) is 4.42. The van der Waals surface area contributed by atoms with Crippen LogP contribution < -0.4 is 5.32 Å². The molecule has 108 valence electrons. The molecule has 1 saturated heterocycles. The Hall–Kier alpha value is -1.84. The molecule has 0 spiro atoms. The fourth-order valence-electron chi connectivity index (χ4n) is 2.59.